The van der Waals surface area contributed by atoms with Gasteiger partial charge in [-0.2, -0.15) is 0 Å². The van der Waals surface area contributed by atoms with Crippen molar-refractivity contribution in [2.45, 2.75) is 64.0 Å². The average molecular weight is 409 g/mol. The van der Waals surface area contributed by atoms with E-state index in [1.165, 1.54) is 12.1 Å². The normalized spacial score (nSPS) is 14.7. The van der Waals surface area contributed by atoms with Gasteiger partial charge in [0.25, 0.3) is 0 Å². The molecule has 1 aromatic rings. The standard InChI is InChI=1S/C22H33FN2O4/c1-2-14-25(15-21(27)28)22(11-12-22)10-4-3-5-13-24-20(26)17-29-16-18-6-8-19(23)9-7-18/h6-9H,2-5,10-17H2,1H3,(H,24,26)(H,27,28). The highest BCUT2D eigenvalue weighted by molar-refractivity contribution is 5.77. The minimum absolute atomic E-state index is 0.0122. The van der Waals surface area contributed by atoms with E-state index >= 15 is 0 Å². The molecule has 0 radical (unpaired) electrons. The Bertz CT molecular complexity index is 647. The summed E-state index contributed by atoms with van der Waals surface area (Å²) in [6.07, 6.45) is 7.10. The Balaban J connectivity index is 1.53. The highest BCUT2D eigenvalue weighted by Crippen LogP contribution is 2.45. The van der Waals surface area contributed by atoms with Crippen LogP contribution in [0.2, 0.25) is 0 Å². The summed E-state index contributed by atoms with van der Waals surface area (Å²) >= 11 is 0. The lowest BCUT2D eigenvalue weighted by Gasteiger charge is -2.30. The molecule has 6 nitrogen and oxygen atoms in total. The van der Waals surface area contributed by atoms with Crippen molar-refractivity contribution < 1.29 is 23.8 Å². The predicted molar refractivity (Wildman–Crippen MR) is 109 cm³/mol. The van der Waals surface area contributed by atoms with Crippen molar-refractivity contribution in [2.75, 3.05) is 26.2 Å². The number of carboxylic acid groups (broad SMARTS) is 1. The molecule has 2 N–H and O–H groups in total. The summed E-state index contributed by atoms with van der Waals surface area (Å²) in [5.41, 5.74) is 0.916. The topological polar surface area (TPSA) is 78.9 Å². The number of halogens is 1. The molecule has 0 saturated heterocycles. The van der Waals surface area contributed by atoms with Crippen molar-refractivity contribution in [3.63, 3.8) is 0 Å². The van der Waals surface area contributed by atoms with E-state index in [4.69, 9.17) is 9.84 Å². The number of hydrogen-bond acceptors (Lipinski definition) is 4. The highest BCUT2D eigenvalue weighted by Gasteiger charge is 2.47. The second-order valence-electron chi connectivity index (χ2n) is 7.82. The van der Waals surface area contributed by atoms with Crippen LogP contribution in [-0.2, 0) is 20.9 Å². The van der Waals surface area contributed by atoms with Gasteiger partial charge in [-0.1, -0.05) is 31.9 Å². The molecule has 0 unspecified atom stereocenters. The summed E-state index contributed by atoms with van der Waals surface area (Å²) in [7, 11) is 0. The van der Waals surface area contributed by atoms with E-state index in [9.17, 15) is 14.0 Å². The van der Waals surface area contributed by atoms with Gasteiger partial charge in [0.15, 0.2) is 0 Å². The fourth-order valence-electron chi connectivity index (χ4n) is 3.66. The van der Waals surface area contributed by atoms with Crippen LogP contribution in [0.1, 0.15) is 57.4 Å². The van der Waals surface area contributed by atoms with Gasteiger partial charge >= 0.3 is 5.97 Å². The molecule has 1 aliphatic rings. The molecule has 162 valence electrons. The zero-order valence-corrected chi connectivity index (χ0v) is 17.3. The van der Waals surface area contributed by atoms with Crippen LogP contribution >= 0.6 is 0 Å². The molecule has 1 aliphatic carbocycles. The van der Waals surface area contributed by atoms with E-state index in [0.717, 1.165) is 57.1 Å². The van der Waals surface area contributed by atoms with Crippen LogP contribution in [0.3, 0.4) is 0 Å². The Hall–Kier alpha value is -1.99. The average Bonchev–Trinajstić information content (AvgIpc) is 3.46. The van der Waals surface area contributed by atoms with E-state index in [1.54, 1.807) is 12.1 Å². The third-order valence-electron chi connectivity index (χ3n) is 5.37. The van der Waals surface area contributed by atoms with Crippen molar-refractivity contribution in [3.05, 3.63) is 35.6 Å². The number of amides is 1. The Labute approximate surface area is 172 Å². The van der Waals surface area contributed by atoms with Crippen molar-refractivity contribution >= 4 is 11.9 Å². The minimum Gasteiger partial charge on any atom is -0.480 e. The molecule has 0 spiro atoms. The summed E-state index contributed by atoms with van der Waals surface area (Å²) in [5.74, 6) is -1.20. The van der Waals surface area contributed by atoms with Crippen molar-refractivity contribution in [1.82, 2.24) is 10.2 Å². The smallest absolute Gasteiger partial charge is 0.317 e. The van der Waals surface area contributed by atoms with Gasteiger partial charge < -0.3 is 15.2 Å². The first kappa shape index (κ1) is 23.3. The molecule has 0 aliphatic heterocycles. The number of rotatable bonds is 15. The minimum atomic E-state index is -0.755. The van der Waals surface area contributed by atoms with E-state index in [2.05, 4.69) is 17.1 Å². The molecule has 29 heavy (non-hydrogen) atoms. The second-order valence-corrected chi connectivity index (χ2v) is 7.82. The number of carbonyl (C=O) groups is 2. The maximum Gasteiger partial charge on any atom is 0.317 e. The number of nitrogens with one attached hydrogen (secondary N) is 1. The zero-order valence-electron chi connectivity index (χ0n) is 17.3. The number of ether oxygens (including phenoxy) is 1. The van der Waals surface area contributed by atoms with E-state index in [-0.39, 0.29) is 37.0 Å². The number of aliphatic carboxylic acids is 1. The Morgan fingerprint density at radius 1 is 1.21 bits per heavy atom. The molecule has 7 heteroatoms. The van der Waals surface area contributed by atoms with Gasteiger partial charge in [0.2, 0.25) is 5.91 Å². The van der Waals surface area contributed by atoms with Gasteiger partial charge in [-0.05, 0) is 56.3 Å². The van der Waals surface area contributed by atoms with Crippen LogP contribution in [0.5, 0.6) is 0 Å². The molecule has 1 fully saturated rings. The van der Waals surface area contributed by atoms with Crippen molar-refractivity contribution in [2.24, 2.45) is 0 Å². The van der Waals surface area contributed by atoms with Crippen LogP contribution < -0.4 is 5.32 Å². The number of unbranched alkanes of at least 4 members (excludes halogenated alkanes) is 2. The van der Waals surface area contributed by atoms with Gasteiger partial charge in [0, 0.05) is 12.1 Å². The zero-order chi connectivity index (χ0) is 21.1. The summed E-state index contributed by atoms with van der Waals surface area (Å²) in [6.45, 7) is 3.92. The van der Waals surface area contributed by atoms with Crippen LogP contribution in [-0.4, -0.2) is 53.7 Å². The third kappa shape index (κ3) is 8.50. The Kier molecular flexibility index (Phi) is 9.54. The van der Waals surface area contributed by atoms with E-state index in [0.29, 0.717) is 6.54 Å². The molecule has 0 aromatic heterocycles. The maximum absolute atomic E-state index is 12.8. The fraction of sp³-hybridized carbons (Fsp3) is 0.636. The quantitative estimate of drug-likeness (QED) is 0.435. The van der Waals surface area contributed by atoms with Gasteiger partial charge in [-0.3, -0.25) is 14.5 Å². The van der Waals surface area contributed by atoms with E-state index in [1.807, 2.05) is 0 Å². The van der Waals surface area contributed by atoms with Crippen LogP contribution in [0.15, 0.2) is 24.3 Å². The summed E-state index contributed by atoms with van der Waals surface area (Å²) in [6, 6.07) is 6.01. The summed E-state index contributed by atoms with van der Waals surface area (Å²) in [4.78, 5) is 25.0. The molecule has 1 aromatic carbocycles. The SMILES string of the molecule is CCCN(CC(=O)O)C1(CCCCCNC(=O)COCc2ccc(F)cc2)CC1. The molecular weight excluding hydrogens is 375 g/mol. The number of carboxylic acids is 1. The lowest BCUT2D eigenvalue weighted by molar-refractivity contribution is -0.139. The molecule has 2 rings (SSSR count). The number of carbonyl (C=O) groups excluding carboxylic acids is 1. The molecule has 0 heterocycles. The van der Waals surface area contributed by atoms with E-state index < -0.39 is 5.97 Å². The molecule has 1 saturated carbocycles. The Morgan fingerprint density at radius 2 is 1.93 bits per heavy atom. The predicted octanol–water partition coefficient (Wildman–Crippen LogP) is 3.35. The molecule has 1 amide bonds. The number of hydrogen-bond donors (Lipinski definition) is 2. The van der Waals surface area contributed by atoms with Crippen molar-refractivity contribution in [1.29, 1.82) is 0 Å². The number of benzene rings is 1. The third-order valence-corrected chi connectivity index (χ3v) is 5.37. The Morgan fingerprint density at radius 3 is 2.55 bits per heavy atom. The monoisotopic (exact) mass is 408 g/mol. The summed E-state index contributed by atoms with van der Waals surface area (Å²) < 4.78 is 18.2. The second kappa shape index (κ2) is 11.9. The van der Waals surface area contributed by atoms with Gasteiger partial charge in [0.1, 0.15) is 12.4 Å². The first-order valence-electron chi connectivity index (χ1n) is 10.5. The van der Waals surface area contributed by atoms with Crippen LogP contribution in [0.25, 0.3) is 0 Å². The summed E-state index contributed by atoms with van der Waals surface area (Å²) in [5, 5.41) is 12.0. The van der Waals surface area contributed by atoms with Gasteiger partial charge in [0.05, 0.1) is 13.2 Å². The van der Waals surface area contributed by atoms with Gasteiger partial charge in [-0.15, -0.1) is 0 Å². The number of nitrogens with zero attached hydrogens (tertiary/aromatic N) is 1. The van der Waals surface area contributed by atoms with Crippen molar-refractivity contribution in [3.8, 4) is 0 Å². The highest BCUT2D eigenvalue weighted by atomic mass is 19.1. The van der Waals surface area contributed by atoms with Crippen LogP contribution in [0, 0.1) is 5.82 Å². The fourth-order valence-corrected chi connectivity index (χ4v) is 3.66. The molecular formula is C22H33FN2O4. The molecule has 0 atom stereocenters. The maximum atomic E-state index is 12.8. The van der Waals surface area contributed by atoms with Crippen LogP contribution in [0.4, 0.5) is 4.39 Å². The largest absolute Gasteiger partial charge is 0.480 e. The lowest BCUT2D eigenvalue weighted by atomic mass is 10.0. The molecule has 0 bridgehead atoms. The van der Waals surface area contributed by atoms with Gasteiger partial charge in [-0.25, -0.2) is 4.39 Å². The first-order chi connectivity index (χ1) is 13.9. The lowest BCUT2D eigenvalue weighted by Crippen LogP contribution is -2.41. The first-order valence-corrected chi connectivity index (χ1v) is 10.5.